The van der Waals surface area contributed by atoms with E-state index in [2.05, 4.69) is 38.4 Å². The van der Waals surface area contributed by atoms with Gasteiger partial charge >= 0.3 is 0 Å². The van der Waals surface area contributed by atoms with Gasteiger partial charge in [-0.25, -0.2) is 0 Å². The third kappa shape index (κ3) is 3.19. The lowest BCUT2D eigenvalue weighted by Gasteiger charge is -2.13. The molecule has 62 valence electrons. The molecule has 0 aliphatic heterocycles. The summed E-state index contributed by atoms with van der Waals surface area (Å²) in [6.07, 6.45) is 1.12. The van der Waals surface area contributed by atoms with Crippen molar-refractivity contribution in [2.75, 3.05) is 13.6 Å². The van der Waals surface area contributed by atoms with E-state index in [0.717, 1.165) is 13.0 Å². The van der Waals surface area contributed by atoms with Crippen molar-refractivity contribution in [2.24, 2.45) is 0 Å². The number of nitrogens with one attached hydrogen (secondary N) is 1. The van der Waals surface area contributed by atoms with Crippen molar-refractivity contribution in [1.82, 2.24) is 0 Å². The smallest absolute Gasteiger partial charge is 0.0569 e. The molecule has 1 unspecified atom stereocenters. The van der Waals surface area contributed by atoms with E-state index in [0.29, 0.717) is 0 Å². The van der Waals surface area contributed by atoms with Crippen LogP contribution in [-0.2, 0) is 6.42 Å². The zero-order valence-electron chi connectivity index (χ0n) is 7.01. The van der Waals surface area contributed by atoms with E-state index in [1.807, 2.05) is 6.07 Å². The zero-order chi connectivity index (χ0) is 8.10. The molecule has 1 rings (SSSR count). The van der Waals surface area contributed by atoms with Gasteiger partial charge in [0.1, 0.15) is 0 Å². The number of hydrogen-bond acceptors (Lipinski definition) is 0. The van der Waals surface area contributed by atoms with Crippen LogP contribution in [0.15, 0.2) is 30.3 Å². The van der Waals surface area contributed by atoms with E-state index in [1.165, 1.54) is 10.5 Å². The topological polar surface area (TPSA) is 4.44 Å². The summed E-state index contributed by atoms with van der Waals surface area (Å²) < 4.78 is 0. The summed E-state index contributed by atoms with van der Waals surface area (Å²) in [5.74, 6) is 0. The van der Waals surface area contributed by atoms with E-state index in [1.54, 1.807) is 0 Å². The second-order valence-corrected chi connectivity index (χ2v) is 2.94. The monoisotopic (exact) mass is 151 g/mol. The predicted octanol–water partition coefficient (Wildman–Crippen LogP) is 0.781. The number of hydrogen-bond donors (Lipinski definition) is 1. The van der Waals surface area contributed by atoms with Crippen molar-refractivity contribution in [3.05, 3.63) is 42.9 Å². The maximum Gasteiger partial charge on any atom is 0.0569 e. The van der Waals surface area contributed by atoms with Gasteiger partial charge in [-0.05, 0) is 5.56 Å². The fraction of sp³-hybridized carbons (Fsp3) is 0.300. The molecule has 1 aromatic rings. The molecule has 1 nitrogen and oxygen atoms in total. The predicted molar refractivity (Wildman–Crippen MR) is 49.4 cm³/mol. The Balaban J connectivity index is 0.00000121. The van der Waals surface area contributed by atoms with Crippen LogP contribution in [0.25, 0.3) is 0 Å². The summed E-state index contributed by atoms with van der Waals surface area (Å²) in [7, 11) is 5.94. The number of benzene rings is 1. The minimum Gasteiger partial charge on any atom is -0.470 e. The number of quaternary nitrogens is 1. The van der Waals surface area contributed by atoms with Crippen molar-refractivity contribution >= 4 is 0 Å². The largest absolute Gasteiger partial charge is 0.470 e. The van der Waals surface area contributed by atoms with Gasteiger partial charge in [0.15, 0.2) is 0 Å². The molecule has 0 amide bonds. The molecule has 0 heterocycles. The molecule has 0 aromatic heterocycles. The van der Waals surface area contributed by atoms with Crippen molar-refractivity contribution in [2.45, 2.75) is 6.42 Å². The third-order valence-electron chi connectivity index (χ3n) is 1.68. The lowest BCUT2D eigenvalue weighted by atomic mass is 10.1. The SMILES string of the molecule is [CH2-][NH+](C)CCc1ccccc1.[HH]. The number of rotatable bonds is 3. The minimum atomic E-state index is 0. The first-order chi connectivity index (χ1) is 5.29. The second-order valence-electron chi connectivity index (χ2n) is 2.94. The average molecular weight is 151 g/mol. The Morgan fingerprint density at radius 3 is 2.55 bits per heavy atom. The Morgan fingerprint density at radius 2 is 2.00 bits per heavy atom. The van der Waals surface area contributed by atoms with Crippen LogP contribution in [0.5, 0.6) is 0 Å². The highest BCUT2D eigenvalue weighted by molar-refractivity contribution is 5.14. The normalized spacial score (nSPS) is 12.9. The molecule has 0 fully saturated rings. The Kier molecular flexibility index (Phi) is 3.12. The molecule has 0 aliphatic rings. The molecule has 0 spiro atoms. The summed E-state index contributed by atoms with van der Waals surface area (Å²) in [4.78, 5) is 1.26. The first-order valence-corrected chi connectivity index (χ1v) is 3.97. The fourth-order valence-corrected chi connectivity index (χ4v) is 1.00. The van der Waals surface area contributed by atoms with E-state index in [-0.39, 0.29) is 1.43 Å². The Labute approximate surface area is 70.1 Å². The Hall–Kier alpha value is -0.820. The molecule has 0 aliphatic carbocycles. The van der Waals surface area contributed by atoms with Gasteiger partial charge in [0, 0.05) is 14.9 Å². The Bertz CT molecular complexity index is 196. The van der Waals surface area contributed by atoms with E-state index >= 15 is 0 Å². The molecule has 1 heteroatoms. The number of likely N-dealkylation sites (N-methyl/N-ethyl adjacent to an activating group) is 1. The molecule has 0 saturated heterocycles. The standard InChI is InChI=1S/C10H15N.H2/c1-11(2)9-8-10-6-4-3-5-7-10;/h3-7,11H,1,8-9H2,2H3;1H. The van der Waals surface area contributed by atoms with Gasteiger partial charge in [0.05, 0.1) is 6.54 Å². The summed E-state index contributed by atoms with van der Waals surface area (Å²) in [6, 6.07) is 10.5. The van der Waals surface area contributed by atoms with Crippen LogP contribution in [0.1, 0.15) is 6.99 Å². The first kappa shape index (κ1) is 8.28. The lowest BCUT2D eigenvalue weighted by molar-refractivity contribution is -0.831. The van der Waals surface area contributed by atoms with Crippen molar-refractivity contribution < 1.29 is 6.33 Å². The van der Waals surface area contributed by atoms with Gasteiger partial charge in [0.2, 0.25) is 0 Å². The molecule has 1 aromatic carbocycles. The molecule has 1 N–H and O–H groups in total. The van der Waals surface area contributed by atoms with Gasteiger partial charge < -0.3 is 4.90 Å². The van der Waals surface area contributed by atoms with Crippen LogP contribution in [-0.4, -0.2) is 13.6 Å². The molecule has 1 atom stereocenters. The maximum atomic E-state index is 3.87. The summed E-state index contributed by atoms with van der Waals surface area (Å²) >= 11 is 0. The van der Waals surface area contributed by atoms with Crippen molar-refractivity contribution in [1.29, 1.82) is 0 Å². The average Bonchev–Trinajstić information content (AvgIpc) is 2.03. The van der Waals surface area contributed by atoms with Crippen LogP contribution in [0.4, 0.5) is 0 Å². The molecular formula is C10H17N. The van der Waals surface area contributed by atoms with Gasteiger partial charge in [-0.2, -0.15) is 7.05 Å². The Morgan fingerprint density at radius 1 is 1.36 bits per heavy atom. The quantitative estimate of drug-likeness (QED) is 0.609. The zero-order valence-corrected chi connectivity index (χ0v) is 7.01. The van der Waals surface area contributed by atoms with E-state index in [4.69, 9.17) is 0 Å². The van der Waals surface area contributed by atoms with Crippen LogP contribution >= 0.6 is 0 Å². The molecule has 0 saturated carbocycles. The summed E-state index contributed by atoms with van der Waals surface area (Å²) in [6.45, 7) is 1.10. The van der Waals surface area contributed by atoms with E-state index in [9.17, 15) is 0 Å². The van der Waals surface area contributed by atoms with Crippen LogP contribution < -0.4 is 4.90 Å². The third-order valence-corrected chi connectivity index (χ3v) is 1.68. The highest BCUT2D eigenvalue weighted by Crippen LogP contribution is 1.96. The summed E-state index contributed by atoms with van der Waals surface area (Å²) in [5, 5.41) is 0. The minimum absolute atomic E-state index is 0. The van der Waals surface area contributed by atoms with Crippen LogP contribution in [0.2, 0.25) is 0 Å². The van der Waals surface area contributed by atoms with Crippen molar-refractivity contribution in [3.8, 4) is 0 Å². The van der Waals surface area contributed by atoms with Gasteiger partial charge in [-0.15, -0.1) is 0 Å². The van der Waals surface area contributed by atoms with Gasteiger partial charge in [-0.3, -0.25) is 0 Å². The molecule has 0 bridgehead atoms. The second kappa shape index (κ2) is 4.14. The van der Waals surface area contributed by atoms with Gasteiger partial charge in [-0.1, -0.05) is 30.3 Å². The van der Waals surface area contributed by atoms with Gasteiger partial charge in [0.25, 0.3) is 0 Å². The lowest BCUT2D eigenvalue weighted by Crippen LogP contribution is -3.03. The van der Waals surface area contributed by atoms with Crippen LogP contribution in [0, 0.1) is 7.05 Å². The maximum absolute atomic E-state index is 3.87. The van der Waals surface area contributed by atoms with E-state index < -0.39 is 0 Å². The van der Waals surface area contributed by atoms with Crippen LogP contribution in [0.3, 0.4) is 0 Å². The fourth-order valence-electron chi connectivity index (χ4n) is 1.00. The summed E-state index contributed by atoms with van der Waals surface area (Å²) in [5.41, 5.74) is 1.40. The van der Waals surface area contributed by atoms with Crippen molar-refractivity contribution in [3.63, 3.8) is 0 Å². The highest BCUT2D eigenvalue weighted by atomic mass is 15.0. The molecule has 11 heavy (non-hydrogen) atoms. The first-order valence-electron chi connectivity index (χ1n) is 3.97. The molecule has 0 radical (unpaired) electrons. The highest BCUT2D eigenvalue weighted by Gasteiger charge is 1.91. The molecular weight excluding hydrogens is 134 g/mol.